The van der Waals surface area contributed by atoms with E-state index >= 15 is 0 Å². The van der Waals surface area contributed by atoms with Crippen molar-refractivity contribution in [3.05, 3.63) is 71.6 Å². The van der Waals surface area contributed by atoms with Gasteiger partial charge in [0, 0.05) is 25.5 Å². The predicted octanol–water partition coefficient (Wildman–Crippen LogP) is 3.32. The molecule has 2 aromatic carbocycles. The molecule has 6 heteroatoms. The van der Waals surface area contributed by atoms with E-state index < -0.39 is 0 Å². The molecule has 0 spiro atoms. The number of hydrogen-bond acceptors (Lipinski definition) is 4. The van der Waals surface area contributed by atoms with E-state index in [9.17, 15) is 9.50 Å². The number of rotatable bonds is 6. The molecule has 0 aliphatic rings. The number of halogens is 1. The van der Waals surface area contributed by atoms with Gasteiger partial charge in [0.15, 0.2) is 11.5 Å². The molecule has 1 aromatic heterocycles. The zero-order chi connectivity index (χ0) is 17.8. The molecule has 0 unspecified atom stereocenters. The van der Waals surface area contributed by atoms with Crippen molar-refractivity contribution in [2.75, 3.05) is 7.11 Å². The Hall–Kier alpha value is -2.86. The first-order valence-corrected chi connectivity index (χ1v) is 7.94. The van der Waals surface area contributed by atoms with Crippen LogP contribution in [0.3, 0.4) is 0 Å². The highest BCUT2D eigenvalue weighted by atomic mass is 19.1. The fraction of sp³-hybridized carbons (Fsp3) is 0.211. The number of aromatic hydroxyl groups is 1. The summed E-state index contributed by atoms with van der Waals surface area (Å²) < 4.78 is 21.1. The summed E-state index contributed by atoms with van der Waals surface area (Å²) in [5, 5.41) is 13.0. The van der Waals surface area contributed by atoms with E-state index in [1.54, 1.807) is 35.2 Å². The van der Waals surface area contributed by atoms with Gasteiger partial charge in [-0.1, -0.05) is 12.1 Å². The summed E-state index contributed by atoms with van der Waals surface area (Å²) in [5.41, 5.74) is 2.25. The molecule has 25 heavy (non-hydrogen) atoms. The lowest BCUT2D eigenvalue weighted by atomic mass is 10.1. The van der Waals surface area contributed by atoms with Crippen molar-refractivity contribution in [1.82, 2.24) is 14.9 Å². The number of benzene rings is 2. The molecule has 5 nitrogen and oxygen atoms in total. The molecular formula is C19H20FN3O2. The second-order valence-corrected chi connectivity index (χ2v) is 5.74. The quantitative estimate of drug-likeness (QED) is 0.722. The minimum atomic E-state index is -0.289. The van der Waals surface area contributed by atoms with Gasteiger partial charge >= 0.3 is 0 Å². The Balaban J connectivity index is 1.63. The van der Waals surface area contributed by atoms with Crippen molar-refractivity contribution < 1.29 is 14.2 Å². The second-order valence-electron chi connectivity index (χ2n) is 5.74. The normalized spacial score (nSPS) is 10.8. The van der Waals surface area contributed by atoms with Crippen LogP contribution in [0.2, 0.25) is 0 Å². The topological polar surface area (TPSA) is 59.3 Å². The molecule has 0 radical (unpaired) electrons. The Bertz CT molecular complexity index is 877. The fourth-order valence-electron chi connectivity index (χ4n) is 2.68. The van der Waals surface area contributed by atoms with Crippen molar-refractivity contribution in [3.63, 3.8) is 0 Å². The van der Waals surface area contributed by atoms with Crippen LogP contribution in [0.1, 0.15) is 17.0 Å². The van der Waals surface area contributed by atoms with Gasteiger partial charge in [0.25, 0.3) is 0 Å². The molecule has 3 aromatic rings. The average Bonchev–Trinajstić information content (AvgIpc) is 3.01. The Morgan fingerprint density at radius 1 is 1.16 bits per heavy atom. The largest absolute Gasteiger partial charge is 0.504 e. The highest BCUT2D eigenvalue weighted by Crippen LogP contribution is 2.26. The maximum atomic E-state index is 14.4. The molecule has 0 saturated carbocycles. The first-order chi connectivity index (χ1) is 12.1. The Kier molecular flexibility index (Phi) is 5.00. The average molecular weight is 341 g/mol. The van der Waals surface area contributed by atoms with Crippen LogP contribution in [0.15, 0.2) is 48.8 Å². The summed E-state index contributed by atoms with van der Waals surface area (Å²) in [5.74, 6) is 0.996. The third-order valence-electron chi connectivity index (χ3n) is 4.00. The van der Waals surface area contributed by atoms with Gasteiger partial charge in [-0.15, -0.1) is 0 Å². The highest BCUT2D eigenvalue weighted by molar-refractivity contribution is 5.41. The van der Waals surface area contributed by atoms with E-state index in [4.69, 9.17) is 4.74 Å². The molecule has 0 bridgehead atoms. The maximum absolute atomic E-state index is 14.4. The number of phenols is 1. The molecule has 0 atom stereocenters. The van der Waals surface area contributed by atoms with Crippen molar-refractivity contribution in [2.24, 2.45) is 0 Å². The summed E-state index contributed by atoms with van der Waals surface area (Å²) in [6, 6.07) is 10.4. The van der Waals surface area contributed by atoms with Gasteiger partial charge in [-0.3, -0.25) is 0 Å². The Morgan fingerprint density at radius 2 is 1.88 bits per heavy atom. The molecule has 0 fully saturated rings. The molecule has 3 rings (SSSR count). The number of phenolic OH excluding ortho intramolecular Hbond substituents is 1. The summed E-state index contributed by atoms with van der Waals surface area (Å²) in [7, 11) is 1.51. The minimum absolute atomic E-state index is 0.105. The number of nitrogens with zero attached hydrogens (tertiary/aromatic N) is 2. The molecule has 2 N–H and O–H groups in total. The highest BCUT2D eigenvalue weighted by Gasteiger charge is 2.08. The molecule has 0 aliphatic heterocycles. The molecule has 130 valence electrons. The molecule has 0 saturated heterocycles. The minimum Gasteiger partial charge on any atom is -0.504 e. The van der Waals surface area contributed by atoms with Crippen LogP contribution < -0.4 is 10.1 Å². The third kappa shape index (κ3) is 3.80. The molecule has 0 aliphatic carbocycles. The van der Waals surface area contributed by atoms with Gasteiger partial charge in [-0.25, -0.2) is 9.37 Å². The second kappa shape index (κ2) is 7.36. The summed E-state index contributed by atoms with van der Waals surface area (Å²) >= 11 is 0. The van der Waals surface area contributed by atoms with E-state index in [0.29, 0.717) is 24.5 Å². The third-order valence-corrected chi connectivity index (χ3v) is 4.00. The van der Waals surface area contributed by atoms with E-state index in [1.807, 2.05) is 19.1 Å². The van der Waals surface area contributed by atoms with Gasteiger partial charge in [0.05, 0.1) is 12.8 Å². The van der Waals surface area contributed by atoms with Crippen LogP contribution in [-0.4, -0.2) is 21.8 Å². The lowest BCUT2D eigenvalue weighted by molar-refractivity contribution is 0.373. The monoisotopic (exact) mass is 341 g/mol. The van der Waals surface area contributed by atoms with Gasteiger partial charge in [-0.05, 0) is 42.3 Å². The Labute approximate surface area is 145 Å². The van der Waals surface area contributed by atoms with Crippen molar-refractivity contribution in [1.29, 1.82) is 0 Å². The van der Waals surface area contributed by atoms with Gasteiger partial charge < -0.3 is 19.7 Å². The first-order valence-electron chi connectivity index (χ1n) is 7.94. The van der Waals surface area contributed by atoms with Crippen LogP contribution >= 0.6 is 0 Å². The maximum Gasteiger partial charge on any atom is 0.160 e. The number of hydrogen-bond donors (Lipinski definition) is 2. The first kappa shape index (κ1) is 17.0. The smallest absolute Gasteiger partial charge is 0.160 e. The number of aryl methyl sites for hydroxylation is 1. The zero-order valence-electron chi connectivity index (χ0n) is 14.2. The fourth-order valence-corrected chi connectivity index (χ4v) is 2.68. The van der Waals surface area contributed by atoms with Crippen LogP contribution in [0.5, 0.6) is 11.5 Å². The van der Waals surface area contributed by atoms with Gasteiger partial charge in [-0.2, -0.15) is 0 Å². The van der Waals surface area contributed by atoms with Crippen LogP contribution in [-0.2, 0) is 13.1 Å². The number of ether oxygens (including phenoxy) is 1. The number of methoxy groups -OCH3 is 1. The van der Waals surface area contributed by atoms with Crippen molar-refractivity contribution in [3.8, 4) is 17.2 Å². The summed E-state index contributed by atoms with van der Waals surface area (Å²) in [4.78, 5) is 4.11. The lowest BCUT2D eigenvalue weighted by Gasteiger charge is -2.10. The lowest BCUT2D eigenvalue weighted by Crippen LogP contribution is -2.13. The van der Waals surface area contributed by atoms with Crippen LogP contribution in [0, 0.1) is 12.7 Å². The Morgan fingerprint density at radius 3 is 2.48 bits per heavy atom. The number of imidazole rings is 1. The standard InChI is InChI=1S/C19H20FN3O2/c1-13-22-7-8-23(13)17-5-3-14(9-16(17)20)11-21-12-15-4-6-19(25-2)18(24)10-15/h3-10,21,24H,11-12H2,1-2H3. The SMILES string of the molecule is COc1ccc(CNCc2ccc(-n3ccnc3C)c(F)c2)cc1O. The van der Waals surface area contributed by atoms with Crippen molar-refractivity contribution >= 4 is 0 Å². The van der Waals surface area contributed by atoms with Gasteiger partial charge in [0.1, 0.15) is 11.6 Å². The number of nitrogens with one attached hydrogen (secondary N) is 1. The van der Waals surface area contributed by atoms with E-state index in [0.717, 1.165) is 17.0 Å². The predicted molar refractivity (Wildman–Crippen MR) is 93.5 cm³/mol. The molecule has 0 amide bonds. The summed E-state index contributed by atoms with van der Waals surface area (Å²) in [6.45, 7) is 2.91. The summed E-state index contributed by atoms with van der Waals surface area (Å²) in [6.07, 6.45) is 3.39. The molecule has 1 heterocycles. The van der Waals surface area contributed by atoms with E-state index in [1.165, 1.54) is 13.2 Å². The van der Waals surface area contributed by atoms with E-state index in [2.05, 4.69) is 10.3 Å². The van der Waals surface area contributed by atoms with Crippen molar-refractivity contribution in [2.45, 2.75) is 20.0 Å². The van der Waals surface area contributed by atoms with E-state index in [-0.39, 0.29) is 11.6 Å². The van der Waals surface area contributed by atoms with Gasteiger partial charge in [0.2, 0.25) is 0 Å². The zero-order valence-corrected chi connectivity index (χ0v) is 14.2. The number of aromatic nitrogens is 2. The van der Waals surface area contributed by atoms with Crippen LogP contribution in [0.25, 0.3) is 5.69 Å². The van der Waals surface area contributed by atoms with Crippen LogP contribution in [0.4, 0.5) is 4.39 Å². The molecular weight excluding hydrogens is 321 g/mol.